The lowest BCUT2D eigenvalue weighted by molar-refractivity contribution is -0.143. The van der Waals surface area contributed by atoms with E-state index in [4.69, 9.17) is 14.2 Å². The molecule has 0 rings (SSSR count). The molecule has 0 aliphatic heterocycles. The standard InChI is InChI=1S/C39H79NO5/c1-4-7-10-13-15-17-18-19-21-26-33-43-37-38(44-34-27-12-9-6-3)36-40(31-32-41)30-25-23-24-29-39(42)45-35-28-22-20-16-14-11-8-5-2/h38,41H,4-37H2,1-3H3. The molecule has 0 spiro atoms. The summed E-state index contributed by atoms with van der Waals surface area (Å²) in [4.78, 5) is 14.4. The molecule has 6 heteroatoms. The fourth-order valence-electron chi connectivity index (χ4n) is 5.84. The molecule has 1 N–H and O–H groups in total. The van der Waals surface area contributed by atoms with Crippen LogP contribution in [-0.2, 0) is 19.0 Å². The summed E-state index contributed by atoms with van der Waals surface area (Å²) in [7, 11) is 0. The van der Waals surface area contributed by atoms with Crippen molar-refractivity contribution in [2.45, 2.75) is 194 Å². The Morgan fingerprint density at radius 3 is 1.58 bits per heavy atom. The Morgan fingerprint density at radius 2 is 1.02 bits per heavy atom. The number of ether oxygens (including phenoxy) is 3. The van der Waals surface area contributed by atoms with Gasteiger partial charge in [0, 0.05) is 32.7 Å². The van der Waals surface area contributed by atoms with Crippen LogP contribution in [0.5, 0.6) is 0 Å². The third-order valence-corrected chi connectivity index (χ3v) is 8.79. The Morgan fingerprint density at radius 1 is 0.556 bits per heavy atom. The van der Waals surface area contributed by atoms with Crippen molar-refractivity contribution >= 4 is 5.97 Å². The number of aliphatic hydroxyl groups is 1. The maximum atomic E-state index is 12.1. The number of hydrogen-bond acceptors (Lipinski definition) is 6. The van der Waals surface area contributed by atoms with Gasteiger partial charge in [-0.1, -0.05) is 149 Å². The molecule has 6 nitrogen and oxygen atoms in total. The van der Waals surface area contributed by atoms with E-state index >= 15 is 0 Å². The van der Waals surface area contributed by atoms with Crippen molar-refractivity contribution in [3.8, 4) is 0 Å². The highest BCUT2D eigenvalue weighted by molar-refractivity contribution is 5.69. The minimum Gasteiger partial charge on any atom is -0.466 e. The van der Waals surface area contributed by atoms with E-state index in [-0.39, 0.29) is 18.7 Å². The van der Waals surface area contributed by atoms with Crippen LogP contribution in [0.4, 0.5) is 0 Å². The maximum Gasteiger partial charge on any atom is 0.305 e. The summed E-state index contributed by atoms with van der Waals surface area (Å²) in [6, 6.07) is 0. The van der Waals surface area contributed by atoms with Crippen LogP contribution in [0.3, 0.4) is 0 Å². The molecule has 0 radical (unpaired) electrons. The highest BCUT2D eigenvalue weighted by Gasteiger charge is 2.15. The molecule has 0 aromatic carbocycles. The van der Waals surface area contributed by atoms with E-state index in [9.17, 15) is 9.90 Å². The molecule has 0 fully saturated rings. The number of esters is 1. The quantitative estimate of drug-likeness (QED) is 0.0534. The Hall–Kier alpha value is -0.690. The molecule has 0 saturated heterocycles. The largest absolute Gasteiger partial charge is 0.466 e. The van der Waals surface area contributed by atoms with E-state index in [1.165, 1.54) is 116 Å². The maximum absolute atomic E-state index is 12.1. The fraction of sp³-hybridized carbons (Fsp3) is 0.974. The van der Waals surface area contributed by atoms with Gasteiger partial charge in [0.1, 0.15) is 0 Å². The van der Waals surface area contributed by atoms with Gasteiger partial charge in [-0.05, 0) is 38.6 Å². The molecule has 0 aromatic rings. The zero-order valence-electron chi connectivity index (χ0n) is 30.6. The van der Waals surface area contributed by atoms with Crippen LogP contribution in [0.25, 0.3) is 0 Å². The van der Waals surface area contributed by atoms with Crippen molar-refractivity contribution < 1.29 is 24.1 Å². The molecular formula is C39H79NO5. The number of carbonyl (C=O) groups excluding carboxylic acids is 1. The van der Waals surface area contributed by atoms with Gasteiger partial charge in [-0.25, -0.2) is 0 Å². The van der Waals surface area contributed by atoms with E-state index in [0.29, 0.717) is 26.2 Å². The highest BCUT2D eigenvalue weighted by atomic mass is 16.5. The summed E-state index contributed by atoms with van der Waals surface area (Å²) < 4.78 is 17.9. The first-order valence-corrected chi connectivity index (χ1v) is 19.9. The van der Waals surface area contributed by atoms with E-state index in [0.717, 1.165) is 71.2 Å². The highest BCUT2D eigenvalue weighted by Crippen LogP contribution is 2.12. The third-order valence-electron chi connectivity index (χ3n) is 8.79. The average Bonchev–Trinajstić information content (AvgIpc) is 3.04. The van der Waals surface area contributed by atoms with E-state index in [1.54, 1.807) is 0 Å². The molecule has 0 saturated carbocycles. The lowest BCUT2D eigenvalue weighted by atomic mass is 10.1. The first kappa shape index (κ1) is 44.3. The van der Waals surface area contributed by atoms with Crippen LogP contribution in [0, 0.1) is 0 Å². The first-order valence-electron chi connectivity index (χ1n) is 19.9. The van der Waals surface area contributed by atoms with Crippen molar-refractivity contribution in [3.05, 3.63) is 0 Å². The predicted octanol–water partition coefficient (Wildman–Crippen LogP) is 10.4. The lowest BCUT2D eigenvalue weighted by Crippen LogP contribution is -2.39. The van der Waals surface area contributed by atoms with Crippen LogP contribution < -0.4 is 0 Å². The number of hydrogen-bond donors (Lipinski definition) is 1. The number of rotatable bonds is 38. The Kier molecular flexibility index (Phi) is 37.2. The normalized spacial score (nSPS) is 12.3. The van der Waals surface area contributed by atoms with Crippen molar-refractivity contribution in [3.63, 3.8) is 0 Å². The van der Waals surface area contributed by atoms with E-state index < -0.39 is 0 Å². The van der Waals surface area contributed by atoms with Crippen molar-refractivity contribution in [2.24, 2.45) is 0 Å². The third kappa shape index (κ3) is 34.5. The van der Waals surface area contributed by atoms with Gasteiger partial charge in [-0.15, -0.1) is 0 Å². The summed E-state index contributed by atoms with van der Waals surface area (Å²) in [5, 5.41) is 9.70. The second-order valence-corrected chi connectivity index (χ2v) is 13.3. The molecule has 270 valence electrons. The van der Waals surface area contributed by atoms with Crippen LogP contribution in [0.15, 0.2) is 0 Å². The van der Waals surface area contributed by atoms with Gasteiger partial charge in [0.2, 0.25) is 0 Å². The van der Waals surface area contributed by atoms with Gasteiger partial charge >= 0.3 is 5.97 Å². The van der Waals surface area contributed by atoms with Gasteiger partial charge in [0.25, 0.3) is 0 Å². The molecule has 0 aromatic heterocycles. The van der Waals surface area contributed by atoms with Crippen LogP contribution in [0.2, 0.25) is 0 Å². The average molecular weight is 642 g/mol. The predicted molar refractivity (Wildman–Crippen MR) is 192 cm³/mol. The molecule has 0 bridgehead atoms. The van der Waals surface area contributed by atoms with Gasteiger partial charge in [-0.3, -0.25) is 9.69 Å². The summed E-state index contributed by atoms with van der Waals surface area (Å²) in [5.41, 5.74) is 0. The molecule has 45 heavy (non-hydrogen) atoms. The van der Waals surface area contributed by atoms with Gasteiger partial charge in [0.15, 0.2) is 0 Å². The van der Waals surface area contributed by atoms with E-state index in [2.05, 4.69) is 25.7 Å². The molecule has 0 aliphatic rings. The molecule has 0 amide bonds. The van der Waals surface area contributed by atoms with Gasteiger partial charge < -0.3 is 19.3 Å². The molecule has 1 unspecified atom stereocenters. The number of unbranched alkanes of at least 4 members (excludes halogenated alkanes) is 21. The Bertz CT molecular complexity index is 576. The second-order valence-electron chi connectivity index (χ2n) is 13.3. The van der Waals surface area contributed by atoms with Crippen molar-refractivity contribution in [1.29, 1.82) is 0 Å². The second kappa shape index (κ2) is 37.8. The molecular weight excluding hydrogens is 562 g/mol. The summed E-state index contributed by atoms with van der Waals surface area (Å²) in [5.74, 6) is -0.0544. The molecule has 0 aliphatic carbocycles. The molecule has 1 atom stereocenters. The minimum atomic E-state index is -0.0544. The molecule has 0 heterocycles. The monoisotopic (exact) mass is 642 g/mol. The Labute approximate surface area is 281 Å². The SMILES string of the molecule is CCCCCCCCCCCCOCC(CN(CCO)CCCCCC(=O)OCCCCCCCCCC)OCCCCCC. The van der Waals surface area contributed by atoms with E-state index in [1.807, 2.05) is 0 Å². The van der Waals surface area contributed by atoms with Gasteiger partial charge in [0.05, 0.1) is 25.9 Å². The first-order chi connectivity index (χ1) is 22.2. The van der Waals surface area contributed by atoms with Gasteiger partial charge in [-0.2, -0.15) is 0 Å². The zero-order valence-corrected chi connectivity index (χ0v) is 30.6. The summed E-state index contributed by atoms with van der Waals surface area (Å²) in [6.07, 6.45) is 31.6. The van der Waals surface area contributed by atoms with Crippen LogP contribution >= 0.6 is 0 Å². The zero-order chi connectivity index (χ0) is 32.9. The fourth-order valence-corrected chi connectivity index (χ4v) is 5.84. The topological polar surface area (TPSA) is 68.2 Å². The lowest BCUT2D eigenvalue weighted by Gasteiger charge is -2.27. The number of aliphatic hydroxyl groups excluding tert-OH is 1. The van der Waals surface area contributed by atoms with Crippen molar-refractivity contribution in [1.82, 2.24) is 4.90 Å². The van der Waals surface area contributed by atoms with Crippen molar-refractivity contribution in [2.75, 3.05) is 52.7 Å². The number of carbonyl (C=O) groups is 1. The summed E-state index contributed by atoms with van der Waals surface area (Å²) >= 11 is 0. The smallest absolute Gasteiger partial charge is 0.305 e. The van der Waals surface area contributed by atoms with Crippen LogP contribution in [0.1, 0.15) is 188 Å². The Balaban J connectivity index is 4.16. The minimum absolute atomic E-state index is 0.0348. The van der Waals surface area contributed by atoms with Crippen LogP contribution in [-0.4, -0.2) is 74.7 Å². The number of nitrogens with zero attached hydrogens (tertiary/aromatic N) is 1. The summed E-state index contributed by atoms with van der Waals surface area (Å²) in [6.45, 7) is 12.0.